The van der Waals surface area contributed by atoms with Crippen LogP contribution in [0.25, 0.3) is 0 Å². The Labute approximate surface area is 150 Å². The first-order valence-corrected chi connectivity index (χ1v) is 8.50. The Hall–Kier alpha value is -2.03. The van der Waals surface area contributed by atoms with Gasteiger partial charge in [0.1, 0.15) is 11.6 Å². The number of likely N-dealkylation sites (tertiary alicyclic amines) is 1. The summed E-state index contributed by atoms with van der Waals surface area (Å²) in [5.74, 6) is 0.852. The number of alkyl halides is 3. The Balaban J connectivity index is 1.61. The van der Waals surface area contributed by atoms with Gasteiger partial charge in [-0.3, -0.25) is 9.89 Å². The summed E-state index contributed by atoms with van der Waals surface area (Å²) >= 11 is 0. The molecule has 0 aliphatic carbocycles. The van der Waals surface area contributed by atoms with E-state index in [9.17, 15) is 17.6 Å². The fourth-order valence-corrected chi connectivity index (χ4v) is 2.74. The highest BCUT2D eigenvalue weighted by atomic mass is 19.4. The zero-order chi connectivity index (χ0) is 19.0. The quantitative estimate of drug-likeness (QED) is 0.332. The molecule has 0 radical (unpaired) electrons. The van der Waals surface area contributed by atoms with Crippen LogP contribution in [0.3, 0.4) is 0 Å². The molecule has 0 spiro atoms. The maximum atomic E-state index is 12.8. The van der Waals surface area contributed by atoms with E-state index in [-0.39, 0.29) is 11.9 Å². The molecule has 26 heavy (non-hydrogen) atoms. The number of nitrogens with one attached hydrogen (secondary N) is 2. The van der Waals surface area contributed by atoms with Crippen molar-refractivity contribution in [3.8, 4) is 5.75 Å². The Bertz CT molecular complexity index is 577. The van der Waals surface area contributed by atoms with Crippen molar-refractivity contribution in [2.45, 2.75) is 25.1 Å². The van der Waals surface area contributed by atoms with Crippen LogP contribution in [0.4, 0.5) is 17.6 Å². The van der Waals surface area contributed by atoms with Gasteiger partial charge >= 0.3 is 6.18 Å². The van der Waals surface area contributed by atoms with Gasteiger partial charge in [-0.2, -0.15) is 13.2 Å². The third kappa shape index (κ3) is 7.47. The van der Waals surface area contributed by atoms with Crippen LogP contribution in [-0.2, 0) is 0 Å². The van der Waals surface area contributed by atoms with E-state index in [0.29, 0.717) is 50.8 Å². The number of nitrogens with zero attached hydrogens (tertiary/aromatic N) is 2. The minimum atomic E-state index is -4.17. The van der Waals surface area contributed by atoms with Crippen LogP contribution in [-0.4, -0.2) is 62.9 Å². The summed E-state index contributed by atoms with van der Waals surface area (Å²) in [7, 11) is 1.62. The van der Waals surface area contributed by atoms with Gasteiger partial charge in [-0.05, 0) is 37.1 Å². The standard InChI is InChI=1S/C17H24F4N4O/c1-22-16(24-14-7-9-25(11-14)12-17(19,20)21)23-8-2-10-26-15-5-3-13(18)4-6-15/h3-6,14H,2,7-12H2,1H3,(H2,22,23,24). The molecule has 1 unspecified atom stereocenters. The molecule has 0 aromatic heterocycles. The molecular formula is C17H24F4N4O. The zero-order valence-corrected chi connectivity index (χ0v) is 14.7. The summed E-state index contributed by atoms with van der Waals surface area (Å²) in [6.45, 7) is 0.934. The molecule has 0 saturated carbocycles. The van der Waals surface area contributed by atoms with Crippen LogP contribution in [0.5, 0.6) is 5.75 Å². The van der Waals surface area contributed by atoms with Crippen LogP contribution in [0, 0.1) is 5.82 Å². The average Bonchev–Trinajstić information content (AvgIpc) is 3.00. The molecule has 1 aliphatic heterocycles. The number of aliphatic imine (C=N–C) groups is 1. The lowest BCUT2D eigenvalue weighted by atomic mass is 10.3. The third-order valence-corrected chi connectivity index (χ3v) is 3.94. The van der Waals surface area contributed by atoms with Crippen LogP contribution < -0.4 is 15.4 Å². The minimum absolute atomic E-state index is 0.0565. The highest BCUT2D eigenvalue weighted by molar-refractivity contribution is 5.79. The SMILES string of the molecule is CN=C(NCCCOc1ccc(F)cc1)NC1CCN(CC(F)(F)F)C1. The lowest BCUT2D eigenvalue weighted by Gasteiger charge is -2.19. The van der Waals surface area contributed by atoms with Crippen molar-refractivity contribution in [3.63, 3.8) is 0 Å². The second-order valence-electron chi connectivity index (χ2n) is 6.14. The van der Waals surface area contributed by atoms with Gasteiger partial charge in [-0.15, -0.1) is 0 Å². The molecular weight excluding hydrogens is 352 g/mol. The summed E-state index contributed by atoms with van der Waals surface area (Å²) in [6.07, 6.45) is -2.83. The van der Waals surface area contributed by atoms with Gasteiger partial charge < -0.3 is 15.4 Å². The first-order chi connectivity index (χ1) is 12.4. The van der Waals surface area contributed by atoms with E-state index in [1.54, 1.807) is 19.2 Å². The zero-order valence-electron chi connectivity index (χ0n) is 14.7. The van der Waals surface area contributed by atoms with E-state index < -0.39 is 12.7 Å². The molecule has 146 valence electrons. The Morgan fingerprint density at radius 3 is 2.69 bits per heavy atom. The van der Waals surface area contributed by atoms with Gasteiger partial charge in [-0.25, -0.2) is 4.39 Å². The lowest BCUT2D eigenvalue weighted by Crippen LogP contribution is -2.45. The van der Waals surface area contributed by atoms with Crippen molar-refractivity contribution in [3.05, 3.63) is 30.1 Å². The lowest BCUT2D eigenvalue weighted by molar-refractivity contribution is -0.143. The maximum absolute atomic E-state index is 12.8. The Morgan fingerprint density at radius 2 is 2.04 bits per heavy atom. The Morgan fingerprint density at radius 1 is 1.31 bits per heavy atom. The summed E-state index contributed by atoms with van der Waals surface area (Å²) in [5.41, 5.74) is 0. The van der Waals surface area contributed by atoms with Crippen molar-refractivity contribution < 1.29 is 22.3 Å². The molecule has 1 aromatic rings. The molecule has 1 fully saturated rings. The predicted molar refractivity (Wildman–Crippen MR) is 91.9 cm³/mol. The van der Waals surface area contributed by atoms with Crippen molar-refractivity contribution >= 4 is 5.96 Å². The van der Waals surface area contributed by atoms with Crippen molar-refractivity contribution in [1.29, 1.82) is 0 Å². The molecule has 2 N–H and O–H groups in total. The second kappa shape index (κ2) is 9.61. The number of hydrogen-bond donors (Lipinski definition) is 2. The van der Waals surface area contributed by atoms with Gasteiger partial charge in [0.05, 0.1) is 13.2 Å². The fourth-order valence-electron chi connectivity index (χ4n) is 2.74. The number of benzene rings is 1. The molecule has 0 bridgehead atoms. The monoisotopic (exact) mass is 376 g/mol. The number of guanidine groups is 1. The Kier molecular flexibility index (Phi) is 7.50. The molecule has 1 heterocycles. The number of ether oxygens (including phenoxy) is 1. The van der Waals surface area contributed by atoms with E-state index >= 15 is 0 Å². The molecule has 1 saturated heterocycles. The minimum Gasteiger partial charge on any atom is -0.494 e. The van der Waals surface area contributed by atoms with Gasteiger partial charge in [0.15, 0.2) is 5.96 Å². The molecule has 2 rings (SSSR count). The van der Waals surface area contributed by atoms with Crippen LogP contribution >= 0.6 is 0 Å². The van der Waals surface area contributed by atoms with E-state index in [0.717, 1.165) is 0 Å². The highest BCUT2D eigenvalue weighted by Crippen LogP contribution is 2.19. The topological polar surface area (TPSA) is 48.9 Å². The van der Waals surface area contributed by atoms with E-state index in [1.165, 1.54) is 17.0 Å². The van der Waals surface area contributed by atoms with Gasteiger partial charge in [-0.1, -0.05) is 0 Å². The van der Waals surface area contributed by atoms with E-state index in [2.05, 4.69) is 15.6 Å². The summed E-state index contributed by atoms with van der Waals surface area (Å²) in [5, 5.41) is 6.26. The molecule has 1 aromatic carbocycles. The first kappa shape index (κ1) is 20.3. The van der Waals surface area contributed by atoms with Crippen molar-refractivity contribution in [1.82, 2.24) is 15.5 Å². The normalized spacial score (nSPS) is 18.8. The number of hydrogen-bond acceptors (Lipinski definition) is 3. The van der Waals surface area contributed by atoms with Crippen molar-refractivity contribution in [2.75, 3.05) is 39.8 Å². The van der Waals surface area contributed by atoms with Crippen molar-refractivity contribution in [2.24, 2.45) is 4.99 Å². The molecule has 5 nitrogen and oxygen atoms in total. The summed E-state index contributed by atoms with van der Waals surface area (Å²) < 4.78 is 55.5. The number of rotatable bonds is 7. The fraction of sp³-hybridized carbons (Fsp3) is 0.588. The van der Waals surface area contributed by atoms with E-state index in [1.807, 2.05) is 0 Å². The smallest absolute Gasteiger partial charge is 0.401 e. The van der Waals surface area contributed by atoms with Crippen LogP contribution in [0.1, 0.15) is 12.8 Å². The summed E-state index contributed by atoms with van der Waals surface area (Å²) in [6, 6.07) is 5.75. The third-order valence-electron chi connectivity index (χ3n) is 3.94. The first-order valence-electron chi connectivity index (χ1n) is 8.50. The van der Waals surface area contributed by atoms with E-state index in [4.69, 9.17) is 4.74 Å². The molecule has 1 atom stereocenters. The molecule has 1 aliphatic rings. The van der Waals surface area contributed by atoms with Crippen LogP contribution in [0.2, 0.25) is 0 Å². The van der Waals surface area contributed by atoms with Gasteiger partial charge in [0.25, 0.3) is 0 Å². The largest absolute Gasteiger partial charge is 0.494 e. The molecule has 9 heteroatoms. The maximum Gasteiger partial charge on any atom is 0.401 e. The predicted octanol–water partition coefficient (Wildman–Crippen LogP) is 2.40. The average molecular weight is 376 g/mol. The number of halogens is 4. The molecule has 0 amide bonds. The summed E-state index contributed by atoms with van der Waals surface area (Å²) in [4.78, 5) is 5.48. The second-order valence-corrected chi connectivity index (χ2v) is 6.14. The van der Waals surface area contributed by atoms with Crippen LogP contribution in [0.15, 0.2) is 29.3 Å². The van der Waals surface area contributed by atoms with Gasteiger partial charge in [0.2, 0.25) is 0 Å². The highest BCUT2D eigenvalue weighted by Gasteiger charge is 2.34. The van der Waals surface area contributed by atoms with Gasteiger partial charge in [0, 0.05) is 32.7 Å².